The van der Waals surface area contributed by atoms with Gasteiger partial charge in [0.25, 0.3) is 0 Å². The van der Waals surface area contributed by atoms with Crippen molar-refractivity contribution in [3.63, 3.8) is 0 Å². The molecule has 1 atom stereocenters. The Morgan fingerprint density at radius 1 is 1.32 bits per heavy atom. The summed E-state index contributed by atoms with van der Waals surface area (Å²) in [5.41, 5.74) is 1.14. The zero-order valence-corrected chi connectivity index (χ0v) is 12.2. The third kappa shape index (κ3) is 2.15. The molecule has 0 saturated heterocycles. The molecule has 0 radical (unpaired) electrons. The average Bonchev–Trinajstić information content (AvgIpc) is 2.91. The first-order valence-electron chi connectivity index (χ1n) is 6.62. The molecule has 0 bridgehead atoms. The molecule has 1 unspecified atom stereocenters. The minimum absolute atomic E-state index is 0.387. The number of fused-ring (bicyclic) bond motifs is 3. The summed E-state index contributed by atoms with van der Waals surface area (Å²) in [5.74, 6) is 0.542. The second-order valence-corrected chi connectivity index (χ2v) is 6.51. The molecule has 3 aromatic rings. The van der Waals surface area contributed by atoms with Crippen LogP contribution >= 0.6 is 11.3 Å². The number of benzene rings is 1. The van der Waals surface area contributed by atoms with Crippen molar-refractivity contribution in [2.24, 2.45) is 0 Å². The Morgan fingerprint density at radius 2 is 2.11 bits per heavy atom. The minimum Gasteiger partial charge on any atom is -0.391 e. The molecular weight excluding hydrogens is 256 g/mol. The largest absolute Gasteiger partial charge is 0.391 e. The zero-order chi connectivity index (χ0) is 13.6. The highest BCUT2D eigenvalue weighted by molar-refractivity contribution is 7.19. The smallest absolute Gasteiger partial charge is 0.0770 e. The fourth-order valence-corrected chi connectivity index (χ4v) is 3.46. The van der Waals surface area contributed by atoms with E-state index in [4.69, 9.17) is 0 Å². The lowest BCUT2D eigenvalue weighted by molar-refractivity contribution is 0.170. The van der Waals surface area contributed by atoms with E-state index in [1.54, 1.807) is 6.92 Å². The summed E-state index contributed by atoms with van der Waals surface area (Å²) in [4.78, 5) is 1.40. The van der Waals surface area contributed by atoms with Gasteiger partial charge in [-0.25, -0.2) is 0 Å². The van der Waals surface area contributed by atoms with Crippen LogP contribution < -0.4 is 0 Å². The summed E-state index contributed by atoms with van der Waals surface area (Å²) in [6.07, 6.45) is 1.49. The first-order valence-corrected chi connectivity index (χ1v) is 7.44. The molecule has 1 aromatic carbocycles. The topological polar surface area (TPSA) is 38.0 Å². The first kappa shape index (κ1) is 12.6. The summed E-state index contributed by atoms with van der Waals surface area (Å²) in [6, 6.07) is 6.56. The molecule has 0 saturated carbocycles. The van der Waals surface area contributed by atoms with E-state index in [1.807, 2.05) is 22.2 Å². The zero-order valence-electron chi connectivity index (χ0n) is 11.4. The third-order valence-corrected chi connectivity index (χ3v) is 4.72. The van der Waals surface area contributed by atoms with E-state index in [0.717, 1.165) is 10.9 Å². The number of aliphatic hydroxyl groups excluding tert-OH is 1. The Balaban J connectivity index is 2.27. The van der Waals surface area contributed by atoms with Gasteiger partial charge in [0.15, 0.2) is 0 Å². The Morgan fingerprint density at radius 3 is 2.79 bits per heavy atom. The van der Waals surface area contributed by atoms with E-state index in [2.05, 4.69) is 37.1 Å². The molecule has 100 valence electrons. The summed E-state index contributed by atoms with van der Waals surface area (Å²) in [6.45, 7) is 6.76. The molecule has 1 N–H and O–H groups in total. The molecule has 0 aliphatic rings. The Kier molecular flexibility index (Phi) is 3.07. The molecule has 19 heavy (non-hydrogen) atoms. The summed E-state index contributed by atoms with van der Waals surface area (Å²) in [7, 11) is 0. The monoisotopic (exact) mass is 274 g/mol. The van der Waals surface area contributed by atoms with E-state index in [-0.39, 0.29) is 6.10 Å². The standard InChI is InChI=1S/C15H18N2OS/c1-9(2)14-6-12-13(19-14)5-4-11-7-16-17(15(11)12)8-10(3)18/h4-7,9-10,18H,8H2,1-3H3. The maximum Gasteiger partial charge on any atom is 0.0770 e. The van der Waals surface area contributed by atoms with E-state index in [1.165, 1.54) is 15.0 Å². The van der Waals surface area contributed by atoms with Gasteiger partial charge in [0.05, 0.1) is 24.4 Å². The first-order chi connectivity index (χ1) is 9.06. The van der Waals surface area contributed by atoms with Crippen LogP contribution in [0.3, 0.4) is 0 Å². The van der Waals surface area contributed by atoms with Crippen LogP contribution in [-0.2, 0) is 6.54 Å². The van der Waals surface area contributed by atoms with E-state index < -0.39 is 0 Å². The quantitative estimate of drug-likeness (QED) is 0.789. The molecule has 3 nitrogen and oxygen atoms in total. The van der Waals surface area contributed by atoms with Crippen molar-refractivity contribution in [1.29, 1.82) is 0 Å². The molecule has 0 aliphatic heterocycles. The predicted octanol–water partition coefficient (Wildman–Crippen LogP) is 3.76. The van der Waals surface area contributed by atoms with Crippen molar-refractivity contribution in [2.75, 3.05) is 0 Å². The molecule has 2 heterocycles. The van der Waals surface area contributed by atoms with Crippen LogP contribution in [0.25, 0.3) is 21.0 Å². The fourth-order valence-electron chi connectivity index (χ4n) is 2.39. The van der Waals surface area contributed by atoms with Crippen molar-refractivity contribution in [3.05, 3.63) is 29.3 Å². The van der Waals surface area contributed by atoms with Gasteiger partial charge in [-0.1, -0.05) is 13.8 Å². The SMILES string of the molecule is CC(O)Cn1ncc2ccc3sc(C(C)C)cc3c21. The molecule has 0 amide bonds. The number of hydrogen-bond donors (Lipinski definition) is 1. The van der Waals surface area contributed by atoms with E-state index in [9.17, 15) is 5.11 Å². The predicted molar refractivity (Wildman–Crippen MR) is 80.9 cm³/mol. The van der Waals surface area contributed by atoms with Crippen LogP contribution in [0.15, 0.2) is 24.4 Å². The van der Waals surface area contributed by atoms with Crippen molar-refractivity contribution >= 4 is 32.3 Å². The third-order valence-electron chi connectivity index (χ3n) is 3.32. The maximum absolute atomic E-state index is 9.59. The highest BCUT2D eigenvalue weighted by Crippen LogP contribution is 2.35. The van der Waals surface area contributed by atoms with Crippen LogP contribution in [-0.4, -0.2) is 21.0 Å². The van der Waals surface area contributed by atoms with Crippen LogP contribution in [0.2, 0.25) is 0 Å². The number of aliphatic hydroxyl groups is 1. The van der Waals surface area contributed by atoms with E-state index in [0.29, 0.717) is 12.5 Å². The number of nitrogens with zero attached hydrogens (tertiary/aromatic N) is 2. The Hall–Kier alpha value is -1.39. The molecular formula is C15H18N2OS. The summed E-state index contributed by atoms with van der Waals surface area (Å²) in [5, 5.41) is 16.4. The molecule has 3 rings (SSSR count). The minimum atomic E-state index is -0.387. The average molecular weight is 274 g/mol. The van der Waals surface area contributed by atoms with Gasteiger partial charge in [0.2, 0.25) is 0 Å². The van der Waals surface area contributed by atoms with Gasteiger partial charge in [-0.3, -0.25) is 4.68 Å². The number of aromatic nitrogens is 2. The van der Waals surface area contributed by atoms with Gasteiger partial charge in [0, 0.05) is 20.3 Å². The molecule has 2 aromatic heterocycles. The lowest BCUT2D eigenvalue weighted by Crippen LogP contribution is -2.12. The van der Waals surface area contributed by atoms with Crippen LogP contribution in [0.4, 0.5) is 0 Å². The highest BCUT2D eigenvalue weighted by Gasteiger charge is 2.12. The van der Waals surface area contributed by atoms with Crippen LogP contribution in [0.5, 0.6) is 0 Å². The normalized spacial score (nSPS) is 13.7. The molecule has 0 aliphatic carbocycles. The van der Waals surface area contributed by atoms with Crippen LogP contribution in [0.1, 0.15) is 31.6 Å². The number of hydrogen-bond acceptors (Lipinski definition) is 3. The molecule has 4 heteroatoms. The van der Waals surface area contributed by atoms with Gasteiger partial charge in [-0.2, -0.15) is 5.10 Å². The highest BCUT2D eigenvalue weighted by atomic mass is 32.1. The maximum atomic E-state index is 9.59. The lowest BCUT2D eigenvalue weighted by Gasteiger charge is -2.06. The lowest BCUT2D eigenvalue weighted by atomic mass is 10.1. The van der Waals surface area contributed by atoms with Crippen molar-refractivity contribution in [3.8, 4) is 0 Å². The number of rotatable bonds is 3. The molecule has 0 fully saturated rings. The Labute approximate surface area is 116 Å². The summed E-state index contributed by atoms with van der Waals surface area (Å²) < 4.78 is 3.21. The van der Waals surface area contributed by atoms with Gasteiger partial charge in [-0.05, 0) is 31.0 Å². The number of thiophene rings is 1. The molecule has 0 spiro atoms. The fraction of sp³-hybridized carbons (Fsp3) is 0.400. The van der Waals surface area contributed by atoms with Gasteiger partial charge in [-0.15, -0.1) is 11.3 Å². The van der Waals surface area contributed by atoms with Gasteiger partial charge in [0.1, 0.15) is 0 Å². The van der Waals surface area contributed by atoms with Crippen molar-refractivity contribution in [2.45, 2.75) is 39.3 Å². The van der Waals surface area contributed by atoms with Crippen molar-refractivity contribution in [1.82, 2.24) is 9.78 Å². The van der Waals surface area contributed by atoms with Gasteiger partial charge < -0.3 is 5.11 Å². The van der Waals surface area contributed by atoms with Crippen LogP contribution in [0, 0.1) is 0 Å². The Bertz CT molecular complexity index is 724. The van der Waals surface area contributed by atoms with Crippen molar-refractivity contribution < 1.29 is 5.11 Å². The second-order valence-electron chi connectivity index (χ2n) is 5.39. The van der Waals surface area contributed by atoms with E-state index >= 15 is 0 Å². The summed E-state index contributed by atoms with van der Waals surface area (Å²) >= 11 is 1.85. The van der Waals surface area contributed by atoms with Gasteiger partial charge >= 0.3 is 0 Å². The second kappa shape index (κ2) is 4.62.